The lowest BCUT2D eigenvalue weighted by atomic mass is 10.1. The fourth-order valence-electron chi connectivity index (χ4n) is 1.75. The van der Waals surface area contributed by atoms with Gasteiger partial charge in [-0.25, -0.2) is 9.18 Å². The lowest BCUT2D eigenvalue weighted by Crippen LogP contribution is -2.13. The van der Waals surface area contributed by atoms with E-state index in [1.807, 2.05) is 0 Å². The van der Waals surface area contributed by atoms with Crippen LogP contribution in [0, 0.1) is 5.82 Å². The highest BCUT2D eigenvalue weighted by Gasteiger charge is 2.13. The van der Waals surface area contributed by atoms with Gasteiger partial charge in [-0.3, -0.25) is 4.79 Å². The zero-order valence-electron chi connectivity index (χ0n) is 10.6. The van der Waals surface area contributed by atoms with E-state index < -0.39 is 23.3 Å². The van der Waals surface area contributed by atoms with Crippen molar-refractivity contribution in [2.75, 3.05) is 5.32 Å². The summed E-state index contributed by atoms with van der Waals surface area (Å²) < 4.78 is 13.6. The van der Waals surface area contributed by atoms with Gasteiger partial charge in [-0.15, -0.1) is 0 Å². The van der Waals surface area contributed by atoms with E-state index >= 15 is 0 Å². The fraction of sp³-hybridized carbons (Fsp3) is 0. The molecule has 0 atom stereocenters. The molecule has 0 unspecified atom stereocenters. The molecule has 0 fully saturated rings. The Balaban J connectivity index is 2.37. The number of rotatable bonds is 4. The monoisotopic (exact) mass is 308 g/mol. The van der Waals surface area contributed by atoms with Gasteiger partial charge >= 0.3 is 5.97 Å². The average molecular weight is 309 g/mol. The summed E-state index contributed by atoms with van der Waals surface area (Å²) in [5.41, 5.74) is 5.57. The van der Waals surface area contributed by atoms with E-state index in [0.717, 1.165) is 12.1 Å². The molecule has 21 heavy (non-hydrogen) atoms. The van der Waals surface area contributed by atoms with Crippen molar-refractivity contribution in [3.63, 3.8) is 0 Å². The lowest BCUT2D eigenvalue weighted by molar-refractivity contribution is 0.0691. The van der Waals surface area contributed by atoms with E-state index in [1.54, 1.807) is 0 Å². The number of aromatic carboxylic acids is 1. The summed E-state index contributed by atoms with van der Waals surface area (Å²) in [4.78, 5) is 22.1. The summed E-state index contributed by atoms with van der Waals surface area (Å²) >= 11 is 5.78. The third-order valence-electron chi connectivity index (χ3n) is 2.73. The van der Waals surface area contributed by atoms with Gasteiger partial charge in [0.25, 0.3) is 5.91 Å². The Morgan fingerprint density at radius 1 is 1.14 bits per heavy atom. The molecule has 2 aromatic rings. The maximum atomic E-state index is 13.6. The van der Waals surface area contributed by atoms with E-state index in [4.69, 9.17) is 22.4 Å². The van der Waals surface area contributed by atoms with Crippen molar-refractivity contribution < 1.29 is 19.1 Å². The molecule has 0 aliphatic rings. The molecule has 2 rings (SSSR count). The largest absolute Gasteiger partial charge is 0.478 e. The van der Waals surface area contributed by atoms with E-state index in [2.05, 4.69) is 5.32 Å². The topological polar surface area (TPSA) is 92.4 Å². The molecular formula is C14H10ClFN2O3. The van der Waals surface area contributed by atoms with Crippen LogP contribution in [0.2, 0.25) is 5.02 Å². The third-order valence-corrected chi connectivity index (χ3v) is 2.96. The van der Waals surface area contributed by atoms with Crippen LogP contribution in [0.5, 0.6) is 0 Å². The van der Waals surface area contributed by atoms with Crippen LogP contribution in [-0.2, 0) is 0 Å². The van der Waals surface area contributed by atoms with Crippen LogP contribution in [0.25, 0.3) is 0 Å². The number of carboxylic acids is 1. The Morgan fingerprint density at radius 3 is 2.43 bits per heavy atom. The normalized spacial score (nSPS) is 10.2. The van der Waals surface area contributed by atoms with Crippen LogP contribution in [0.4, 0.5) is 15.8 Å². The van der Waals surface area contributed by atoms with Gasteiger partial charge in [0.2, 0.25) is 0 Å². The quantitative estimate of drug-likeness (QED) is 0.809. The molecule has 2 aromatic carbocycles. The summed E-state index contributed by atoms with van der Waals surface area (Å²) in [6, 6.07) is 7.96. The first-order valence-corrected chi connectivity index (χ1v) is 6.15. The molecule has 5 nitrogen and oxygen atoms in total. The molecule has 0 bridgehead atoms. The number of primary amides is 1. The Kier molecular flexibility index (Phi) is 4.09. The van der Waals surface area contributed by atoms with E-state index in [1.165, 1.54) is 24.3 Å². The molecule has 0 heterocycles. The predicted octanol–water partition coefficient (Wildman–Crippen LogP) is 3.02. The second kappa shape index (κ2) is 5.80. The molecule has 0 radical (unpaired) electrons. The number of nitrogens with one attached hydrogen (secondary N) is 1. The van der Waals surface area contributed by atoms with Gasteiger partial charge in [0.05, 0.1) is 16.8 Å². The summed E-state index contributed by atoms with van der Waals surface area (Å²) in [5.74, 6) is -2.94. The fourth-order valence-corrected chi connectivity index (χ4v) is 1.92. The van der Waals surface area contributed by atoms with E-state index in [9.17, 15) is 14.0 Å². The van der Waals surface area contributed by atoms with Crippen molar-refractivity contribution in [1.82, 2.24) is 0 Å². The van der Waals surface area contributed by atoms with Crippen LogP contribution in [0.15, 0.2) is 36.4 Å². The Morgan fingerprint density at radius 2 is 1.86 bits per heavy atom. The first-order valence-electron chi connectivity index (χ1n) is 5.77. The van der Waals surface area contributed by atoms with Crippen molar-refractivity contribution in [3.05, 3.63) is 58.4 Å². The number of benzene rings is 2. The Bertz CT molecular complexity index is 734. The summed E-state index contributed by atoms with van der Waals surface area (Å²) in [7, 11) is 0. The van der Waals surface area contributed by atoms with Crippen molar-refractivity contribution >= 4 is 34.9 Å². The van der Waals surface area contributed by atoms with Crippen LogP contribution in [0.1, 0.15) is 20.7 Å². The van der Waals surface area contributed by atoms with Crippen molar-refractivity contribution in [3.8, 4) is 0 Å². The highest BCUT2D eigenvalue weighted by molar-refractivity contribution is 6.31. The van der Waals surface area contributed by atoms with Crippen LogP contribution in [0.3, 0.4) is 0 Å². The second-order valence-electron chi connectivity index (χ2n) is 4.18. The molecule has 108 valence electrons. The van der Waals surface area contributed by atoms with E-state index in [0.29, 0.717) is 10.7 Å². The summed E-state index contributed by atoms with van der Waals surface area (Å²) in [5, 5.41) is 11.9. The highest BCUT2D eigenvalue weighted by atomic mass is 35.5. The molecule has 4 N–H and O–H groups in total. The number of carbonyl (C=O) groups is 2. The van der Waals surface area contributed by atoms with Crippen LogP contribution >= 0.6 is 11.6 Å². The number of carbonyl (C=O) groups excluding carboxylic acids is 1. The Hall–Kier alpha value is -2.60. The number of halogens is 2. The maximum Gasteiger partial charge on any atom is 0.338 e. The van der Waals surface area contributed by atoms with E-state index in [-0.39, 0.29) is 11.3 Å². The summed E-state index contributed by atoms with van der Waals surface area (Å²) in [6.07, 6.45) is 0. The number of nitrogens with two attached hydrogens (primary N) is 1. The Labute approximate surface area is 124 Å². The minimum Gasteiger partial charge on any atom is -0.478 e. The van der Waals surface area contributed by atoms with Crippen molar-refractivity contribution in [1.29, 1.82) is 0 Å². The van der Waals surface area contributed by atoms with Gasteiger partial charge in [-0.2, -0.15) is 0 Å². The molecule has 0 aliphatic carbocycles. The van der Waals surface area contributed by atoms with Crippen LogP contribution in [-0.4, -0.2) is 17.0 Å². The first kappa shape index (κ1) is 14.8. The van der Waals surface area contributed by atoms with Crippen molar-refractivity contribution in [2.45, 2.75) is 0 Å². The predicted molar refractivity (Wildman–Crippen MR) is 76.6 cm³/mol. The first-order chi connectivity index (χ1) is 9.88. The zero-order chi connectivity index (χ0) is 15.6. The van der Waals surface area contributed by atoms with Crippen LogP contribution < -0.4 is 11.1 Å². The number of anilines is 2. The molecule has 1 amide bonds. The number of hydrogen-bond donors (Lipinski definition) is 3. The van der Waals surface area contributed by atoms with Gasteiger partial charge < -0.3 is 16.2 Å². The number of hydrogen-bond acceptors (Lipinski definition) is 3. The molecule has 0 saturated heterocycles. The molecule has 7 heteroatoms. The standard InChI is InChI=1S/C14H10ClFN2O3/c15-7-1-4-12(10(5-7)13(17)19)18-8-2-3-9(14(20)21)11(16)6-8/h1-6,18H,(H2,17,19)(H,20,21). The second-order valence-corrected chi connectivity index (χ2v) is 4.62. The third kappa shape index (κ3) is 3.29. The number of amides is 1. The van der Waals surface area contributed by atoms with Crippen molar-refractivity contribution in [2.24, 2.45) is 5.73 Å². The van der Waals surface area contributed by atoms with Gasteiger partial charge in [0, 0.05) is 10.7 Å². The van der Waals surface area contributed by atoms with Gasteiger partial charge in [-0.1, -0.05) is 11.6 Å². The molecular weight excluding hydrogens is 299 g/mol. The number of carboxylic acid groups (broad SMARTS) is 1. The lowest BCUT2D eigenvalue weighted by Gasteiger charge is -2.11. The molecule has 0 aromatic heterocycles. The average Bonchev–Trinajstić information content (AvgIpc) is 2.40. The minimum absolute atomic E-state index is 0.144. The molecule has 0 spiro atoms. The summed E-state index contributed by atoms with van der Waals surface area (Å²) in [6.45, 7) is 0. The van der Waals surface area contributed by atoms with Gasteiger partial charge in [0.1, 0.15) is 5.82 Å². The zero-order valence-corrected chi connectivity index (χ0v) is 11.3. The minimum atomic E-state index is -1.36. The SMILES string of the molecule is NC(=O)c1cc(Cl)ccc1Nc1ccc(C(=O)O)c(F)c1. The maximum absolute atomic E-state index is 13.6. The van der Waals surface area contributed by atoms with Gasteiger partial charge in [-0.05, 0) is 36.4 Å². The molecule has 0 saturated carbocycles. The van der Waals surface area contributed by atoms with Gasteiger partial charge in [0.15, 0.2) is 0 Å². The smallest absolute Gasteiger partial charge is 0.338 e. The molecule has 0 aliphatic heterocycles. The highest BCUT2D eigenvalue weighted by Crippen LogP contribution is 2.25.